The molecule has 0 saturated carbocycles. The third-order valence-electron chi connectivity index (χ3n) is 2.00. The highest BCUT2D eigenvalue weighted by molar-refractivity contribution is 6.02. The molecule has 0 amide bonds. The van der Waals surface area contributed by atoms with E-state index in [4.69, 9.17) is 4.74 Å². The number of carbonyl (C=O) groups is 1. The normalized spacial score (nSPS) is 17.3. The van der Waals surface area contributed by atoms with E-state index in [0.717, 1.165) is 12.0 Å². The van der Waals surface area contributed by atoms with Crippen LogP contribution in [0.1, 0.15) is 29.3 Å². The van der Waals surface area contributed by atoms with E-state index in [0.29, 0.717) is 11.3 Å². The number of cyclic esters (lactones) is 1. The van der Waals surface area contributed by atoms with Gasteiger partial charge in [0.1, 0.15) is 5.76 Å². The van der Waals surface area contributed by atoms with Crippen LogP contribution in [0.15, 0.2) is 30.3 Å². The summed E-state index contributed by atoms with van der Waals surface area (Å²) in [5, 5.41) is 0. The van der Waals surface area contributed by atoms with E-state index in [-0.39, 0.29) is 5.97 Å². The van der Waals surface area contributed by atoms with Crippen LogP contribution in [0.3, 0.4) is 0 Å². The van der Waals surface area contributed by atoms with E-state index in [1.165, 1.54) is 0 Å². The summed E-state index contributed by atoms with van der Waals surface area (Å²) in [6.45, 7) is 2.02. The Morgan fingerprint density at radius 1 is 1.31 bits per heavy atom. The number of allylic oxidation sites excluding steroid dienone is 1. The van der Waals surface area contributed by atoms with E-state index in [1.807, 2.05) is 31.2 Å². The lowest BCUT2D eigenvalue weighted by Crippen LogP contribution is -1.92. The summed E-state index contributed by atoms with van der Waals surface area (Å²) in [4.78, 5) is 11.3. The maximum atomic E-state index is 11.3. The minimum absolute atomic E-state index is 0.240. The summed E-state index contributed by atoms with van der Waals surface area (Å²) in [6, 6.07) is 7.44. The van der Waals surface area contributed by atoms with Crippen molar-refractivity contribution >= 4 is 11.7 Å². The van der Waals surface area contributed by atoms with Gasteiger partial charge in [-0.2, -0.15) is 0 Å². The Kier molecular flexibility index (Phi) is 1.89. The van der Waals surface area contributed by atoms with Crippen LogP contribution in [0.4, 0.5) is 0 Å². The van der Waals surface area contributed by atoms with Crippen molar-refractivity contribution in [1.29, 1.82) is 0 Å². The highest BCUT2D eigenvalue weighted by atomic mass is 16.5. The van der Waals surface area contributed by atoms with Gasteiger partial charge in [0.2, 0.25) is 0 Å². The summed E-state index contributed by atoms with van der Waals surface area (Å²) in [5.74, 6) is 0.457. The van der Waals surface area contributed by atoms with Gasteiger partial charge < -0.3 is 4.74 Å². The molecule has 0 aromatic heterocycles. The number of benzene rings is 1. The summed E-state index contributed by atoms with van der Waals surface area (Å²) in [7, 11) is 0. The number of fused-ring (bicyclic) bond motifs is 1. The molecule has 2 rings (SSSR count). The van der Waals surface area contributed by atoms with Gasteiger partial charge in [-0.3, -0.25) is 0 Å². The molecule has 1 heterocycles. The van der Waals surface area contributed by atoms with Crippen molar-refractivity contribution < 1.29 is 9.53 Å². The lowest BCUT2D eigenvalue weighted by atomic mass is 10.1. The molecule has 0 N–H and O–H groups in total. The molecular formula is C11H10O2. The molecule has 0 unspecified atom stereocenters. The lowest BCUT2D eigenvalue weighted by Gasteiger charge is -1.95. The SMILES string of the molecule is CCC=C1OC(=O)c2ccccc21. The highest BCUT2D eigenvalue weighted by Gasteiger charge is 2.24. The van der Waals surface area contributed by atoms with Crippen LogP contribution < -0.4 is 0 Å². The Bertz CT molecular complexity index is 377. The Balaban J connectivity index is 2.53. The lowest BCUT2D eigenvalue weighted by molar-refractivity contribution is 0.0715. The predicted octanol–water partition coefficient (Wildman–Crippen LogP) is 2.61. The molecule has 0 radical (unpaired) electrons. The molecule has 66 valence electrons. The van der Waals surface area contributed by atoms with Gasteiger partial charge in [-0.25, -0.2) is 4.79 Å². The van der Waals surface area contributed by atoms with Gasteiger partial charge in [0.15, 0.2) is 0 Å². The van der Waals surface area contributed by atoms with Crippen LogP contribution in [0.2, 0.25) is 0 Å². The average Bonchev–Trinajstić information content (AvgIpc) is 2.46. The predicted molar refractivity (Wildman–Crippen MR) is 50.1 cm³/mol. The van der Waals surface area contributed by atoms with Gasteiger partial charge in [-0.05, 0) is 18.6 Å². The van der Waals surface area contributed by atoms with Crippen molar-refractivity contribution in [3.63, 3.8) is 0 Å². The molecule has 0 spiro atoms. The van der Waals surface area contributed by atoms with Crippen molar-refractivity contribution in [2.24, 2.45) is 0 Å². The number of rotatable bonds is 1. The zero-order valence-corrected chi connectivity index (χ0v) is 7.41. The fraction of sp³-hybridized carbons (Fsp3) is 0.182. The molecule has 1 aliphatic rings. The molecule has 1 aromatic carbocycles. The molecule has 13 heavy (non-hydrogen) atoms. The van der Waals surface area contributed by atoms with E-state index in [2.05, 4.69) is 0 Å². The zero-order valence-electron chi connectivity index (χ0n) is 7.41. The fourth-order valence-electron chi connectivity index (χ4n) is 1.42. The summed E-state index contributed by atoms with van der Waals surface area (Å²) in [5.41, 5.74) is 1.58. The first-order valence-electron chi connectivity index (χ1n) is 4.34. The number of esters is 1. The topological polar surface area (TPSA) is 26.3 Å². The molecule has 1 aromatic rings. The van der Waals surface area contributed by atoms with E-state index in [1.54, 1.807) is 6.07 Å². The smallest absolute Gasteiger partial charge is 0.344 e. The van der Waals surface area contributed by atoms with Gasteiger partial charge in [0, 0.05) is 5.56 Å². The maximum absolute atomic E-state index is 11.3. The fourth-order valence-corrected chi connectivity index (χ4v) is 1.42. The second-order valence-corrected chi connectivity index (χ2v) is 2.91. The monoisotopic (exact) mass is 174 g/mol. The Hall–Kier alpha value is -1.57. The third-order valence-corrected chi connectivity index (χ3v) is 2.00. The second kappa shape index (κ2) is 3.05. The van der Waals surface area contributed by atoms with Gasteiger partial charge in [0.05, 0.1) is 5.56 Å². The minimum Gasteiger partial charge on any atom is -0.423 e. The third kappa shape index (κ3) is 1.24. The van der Waals surface area contributed by atoms with Crippen molar-refractivity contribution in [2.45, 2.75) is 13.3 Å². The van der Waals surface area contributed by atoms with Crippen LogP contribution in [-0.4, -0.2) is 5.97 Å². The largest absolute Gasteiger partial charge is 0.423 e. The van der Waals surface area contributed by atoms with Crippen molar-refractivity contribution in [1.82, 2.24) is 0 Å². The number of carbonyl (C=O) groups excluding carboxylic acids is 1. The first-order chi connectivity index (χ1) is 6.33. The van der Waals surface area contributed by atoms with Crippen LogP contribution in [-0.2, 0) is 4.74 Å². The Morgan fingerprint density at radius 2 is 2.00 bits per heavy atom. The van der Waals surface area contributed by atoms with E-state index < -0.39 is 0 Å². The maximum Gasteiger partial charge on any atom is 0.344 e. The van der Waals surface area contributed by atoms with Crippen LogP contribution in [0.25, 0.3) is 5.76 Å². The average molecular weight is 174 g/mol. The Labute approximate surface area is 76.8 Å². The van der Waals surface area contributed by atoms with E-state index in [9.17, 15) is 4.79 Å². The van der Waals surface area contributed by atoms with Gasteiger partial charge in [-0.15, -0.1) is 0 Å². The van der Waals surface area contributed by atoms with Crippen LogP contribution in [0, 0.1) is 0 Å². The number of hydrogen-bond acceptors (Lipinski definition) is 2. The minimum atomic E-state index is -0.240. The zero-order chi connectivity index (χ0) is 9.26. The van der Waals surface area contributed by atoms with E-state index >= 15 is 0 Å². The number of hydrogen-bond donors (Lipinski definition) is 0. The highest BCUT2D eigenvalue weighted by Crippen LogP contribution is 2.29. The molecule has 2 heteroatoms. The quantitative estimate of drug-likeness (QED) is 0.612. The van der Waals surface area contributed by atoms with Crippen molar-refractivity contribution in [3.05, 3.63) is 41.5 Å². The van der Waals surface area contributed by atoms with Gasteiger partial charge in [-0.1, -0.05) is 25.1 Å². The second-order valence-electron chi connectivity index (χ2n) is 2.91. The van der Waals surface area contributed by atoms with Crippen LogP contribution in [0.5, 0.6) is 0 Å². The van der Waals surface area contributed by atoms with Crippen LogP contribution >= 0.6 is 0 Å². The molecule has 0 atom stereocenters. The standard InChI is InChI=1S/C11H10O2/c1-2-5-10-8-6-3-4-7-9(8)11(12)13-10/h3-7H,2H2,1H3. The molecule has 0 bridgehead atoms. The molecular weight excluding hydrogens is 164 g/mol. The molecule has 0 saturated heterocycles. The first-order valence-corrected chi connectivity index (χ1v) is 4.34. The first kappa shape index (κ1) is 8.05. The van der Waals surface area contributed by atoms with Crippen molar-refractivity contribution in [3.8, 4) is 0 Å². The summed E-state index contributed by atoms with van der Waals surface area (Å²) in [6.07, 6.45) is 2.79. The summed E-state index contributed by atoms with van der Waals surface area (Å²) < 4.78 is 5.09. The van der Waals surface area contributed by atoms with Gasteiger partial charge in [0.25, 0.3) is 0 Å². The summed E-state index contributed by atoms with van der Waals surface area (Å²) >= 11 is 0. The molecule has 0 fully saturated rings. The number of ether oxygens (including phenoxy) is 1. The van der Waals surface area contributed by atoms with Gasteiger partial charge >= 0.3 is 5.97 Å². The molecule has 0 aliphatic carbocycles. The molecule has 2 nitrogen and oxygen atoms in total. The Morgan fingerprint density at radius 3 is 2.69 bits per heavy atom. The van der Waals surface area contributed by atoms with Crippen molar-refractivity contribution in [2.75, 3.05) is 0 Å². The molecule has 1 aliphatic heterocycles.